The van der Waals surface area contributed by atoms with E-state index >= 15 is 0 Å². The monoisotopic (exact) mass is 246 g/mol. The molecule has 0 aliphatic carbocycles. The Morgan fingerprint density at radius 2 is 1.89 bits per heavy atom. The number of benzene rings is 1. The molecule has 18 heavy (non-hydrogen) atoms. The van der Waals surface area contributed by atoms with E-state index in [2.05, 4.69) is 15.3 Å². The fourth-order valence-corrected chi connectivity index (χ4v) is 1.63. The van der Waals surface area contributed by atoms with Crippen LogP contribution in [-0.4, -0.2) is 9.97 Å². The van der Waals surface area contributed by atoms with Gasteiger partial charge in [0.15, 0.2) is 0 Å². The summed E-state index contributed by atoms with van der Waals surface area (Å²) < 4.78 is 13.2. The van der Waals surface area contributed by atoms with E-state index in [0.717, 1.165) is 11.1 Å². The normalized spacial score (nSPS) is 10.4. The van der Waals surface area contributed by atoms with Crippen molar-refractivity contribution in [3.63, 3.8) is 0 Å². The second kappa shape index (κ2) is 4.60. The Morgan fingerprint density at radius 1 is 1.17 bits per heavy atom. The average Bonchev–Trinajstić information content (AvgIpc) is 2.30. The van der Waals surface area contributed by atoms with Gasteiger partial charge in [-0.25, -0.2) is 14.4 Å². The van der Waals surface area contributed by atoms with Gasteiger partial charge in [-0.2, -0.15) is 0 Å². The summed E-state index contributed by atoms with van der Waals surface area (Å²) in [5.74, 6) is 1.32. The van der Waals surface area contributed by atoms with Crippen LogP contribution in [0, 0.1) is 26.6 Å². The number of hydrogen-bond donors (Lipinski definition) is 2. The minimum Gasteiger partial charge on any atom is -0.383 e. The molecule has 4 nitrogen and oxygen atoms in total. The SMILES string of the molecule is Cc1nc(N)c(C)c(Nc2cc(F)ccc2C)n1. The van der Waals surface area contributed by atoms with Crippen LogP contribution in [0.1, 0.15) is 17.0 Å². The van der Waals surface area contributed by atoms with Crippen molar-refractivity contribution in [2.75, 3.05) is 11.1 Å². The number of anilines is 3. The van der Waals surface area contributed by atoms with E-state index in [1.54, 1.807) is 13.0 Å². The third kappa shape index (κ3) is 2.40. The molecule has 0 amide bonds. The van der Waals surface area contributed by atoms with Gasteiger partial charge in [-0.05, 0) is 38.5 Å². The number of nitrogen functional groups attached to an aromatic ring is 1. The quantitative estimate of drug-likeness (QED) is 0.855. The molecular weight excluding hydrogens is 231 g/mol. The second-order valence-electron chi connectivity index (χ2n) is 4.21. The Hall–Kier alpha value is -2.17. The highest BCUT2D eigenvalue weighted by Gasteiger charge is 2.08. The number of nitrogens with one attached hydrogen (secondary N) is 1. The van der Waals surface area contributed by atoms with Crippen molar-refractivity contribution in [3.8, 4) is 0 Å². The zero-order valence-electron chi connectivity index (χ0n) is 10.6. The zero-order chi connectivity index (χ0) is 13.3. The van der Waals surface area contributed by atoms with Gasteiger partial charge >= 0.3 is 0 Å². The molecule has 1 heterocycles. The molecule has 0 bridgehead atoms. The summed E-state index contributed by atoms with van der Waals surface area (Å²) in [4.78, 5) is 8.34. The van der Waals surface area contributed by atoms with Gasteiger partial charge in [0.2, 0.25) is 0 Å². The third-order valence-corrected chi connectivity index (χ3v) is 2.75. The average molecular weight is 246 g/mol. The van der Waals surface area contributed by atoms with Gasteiger partial charge < -0.3 is 11.1 Å². The van der Waals surface area contributed by atoms with Gasteiger partial charge in [-0.3, -0.25) is 0 Å². The molecule has 1 aromatic carbocycles. The van der Waals surface area contributed by atoms with Crippen molar-refractivity contribution in [1.82, 2.24) is 9.97 Å². The standard InChI is InChI=1S/C13H15FN4/c1-7-4-5-10(14)6-11(7)18-13-8(2)12(15)16-9(3)17-13/h4-6H,1-3H3,(H3,15,16,17,18). The van der Waals surface area contributed by atoms with Crippen LogP contribution in [0.5, 0.6) is 0 Å². The summed E-state index contributed by atoms with van der Waals surface area (Å²) in [6.07, 6.45) is 0. The lowest BCUT2D eigenvalue weighted by atomic mass is 10.2. The highest BCUT2D eigenvalue weighted by atomic mass is 19.1. The van der Waals surface area contributed by atoms with Crippen LogP contribution in [0.3, 0.4) is 0 Å². The van der Waals surface area contributed by atoms with Gasteiger partial charge in [0, 0.05) is 11.3 Å². The maximum atomic E-state index is 13.2. The predicted octanol–water partition coefficient (Wildman–Crippen LogP) is 2.87. The molecule has 0 spiro atoms. The van der Waals surface area contributed by atoms with E-state index in [4.69, 9.17) is 5.73 Å². The fourth-order valence-electron chi connectivity index (χ4n) is 1.63. The van der Waals surface area contributed by atoms with E-state index in [0.29, 0.717) is 23.1 Å². The number of rotatable bonds is 2. The minimum absolute atomic E-state index is 0.292. The van der Waals surface area contributed by atoms with Crippen LogP contribution in [0.15, 0.2) is 18.2 Å². The molecule has 0 aliphatic rings. The molecular formula is C13H15FN4. The zero-order valence-corrected chi connectivity index (χ0v) is 10.6. The summed E-state index contributed by atoms with van der Waals surface area (Å²) in [6.45, 7) is 5.49. The lowest BCUT2D eigenvalue weighted by Crippen LogP contribution is -2.05. The molecule has 2 aromatic rings. The topological polar surface area (TPSA) is 63.8 Å². The van der Waals surface area contributed by atoms with E-state index < -0.39 is 0 Å². The molecule has 0 fully saturated rings. The Bertz CT molecular complexity index is 596. The van der Waals surface area contributed by atoms with E-state index in [9.17, 15) is 4.39 Å². The second-order valence-corrected chi connectivity index (χ2v) is 4.21. The highest BCUT2D eigenvalue weighted by Crippen LogP contribution is 2.24. The fraction of sp³-hybridized carbons (Fsp3) is 0.231. The molecule has 1 aromatic heterocycles. The summed E-state index contributed by atoms with van der Waals surface area (Å²) in [7, 11) is 0. The number of hydrogen-bond acceptors (Lipinski definition) is 4. The predicted molar refractivity (Wildman–Crippen MR) is 70.3 cm³/mol. The van der Waals surface area contributed by atoms with Crippen molar-refractivity contribution in [3.05, 3.63) is 41.0 Å². The Labute approximate surface area is 105 Å². The first kappa shape index (κ1) is 12.3. The first-order valence-electron chi connectivity index (χ1n) is 5.61. The Kier molecular flexibility index (Phi) is 3.14. The van der Waals surface area contributed by atoms with Crippen LogP contribution in [0.4, 0.5) is 21.7 Å². The molecule has 0 aliphatic heterocycles. The van der Waals surface area contributed by atoms with Crippen LogP contribution in [0.2, 0.25) is 0 Å². The van der Waals surface area contributed by atoms with Gasteiger partial charge in [0.25, 0.3) is 0 Å². The molecule has 0 unspecified atom stereocenters. The largest absolute Gasteiger partial charge is 0.383 e. The van der Waals surface area contributed by atoms with Crippen LogP contribution in [-0.2, 0) is 0 Å². The van der Waals surface area contributed by atoms with Crippen molar-refractivity contribution < 1.29 is 4.39 Å². The molecule has 0 saturated carbocycles. The lowest BCUT2D eigenvalue weighted by Gasteiger charge is -2.12. The first-order valence-corrected chi connectivity index (χ1v) is 5.61. The van der Waals surface area contributed by atoms with E-state index in [1.807, 2.05) is 13.8 Å². The molecule has 0 atom stereocenters. The summed E-state index contributed by atoms with van der Waals surface area (Å²) in [5, 5.41) is 3.09. The van der Waals surface area contributed by atoms with Crippen molar-refractivity contribution in [2.24, 2.45) is 0 Å². The number of halogens is 1. The van der Waals surface area contributed by atoms with E-state index in [1.165, 1.54) is 12.1 Å². The summed E-state index contributed by atoms with van der Waals surface area (Å²) in [5.41, 5.74) is 8.14. The molecule has 2 rings (SSSR count). The number of nitrogens with two attached hydrogens (primary N) is 1. The van der Waals surface area contributed by atoms with Crippen LogP contribution in [0.25, 0.3) is 0 Å². The summed E-state index contributed by atoms with van der Waals surface area (Å²) in [6, 6.07) is 4.57. The first-order chi connectivity index (χ1) is 8.47. The maximum absolute atomic E-state index is 13.2. The van der Waals surface area contributed by atoms with Gasteiger partial charge in [0.1, 0.15) is 23.3 Å². The highest BCUT2D eigenvalue weighted by molar-refractivity contribution is 5.65. The van der Waals surface area contributed by atoms with Gasteiger partial charge in [0.05, 0.1) is 0 Å². The number of aryl methyl sites for hydroxylation is 2. The van der Waals surface area contributed by atoms with E-state index in [-0.39, 0.29) is 5.82 Å². The van der Waals surface area contributed by atoms with Crippen molar-refractivity contribution in [1.29, 1.82) is 0 Å². The molecule has 0 radical (unpaired) electrons. The summed E-state index contributed by atoms with van der Waals surface area (Å²) >= 11 is 0. The van der Waals surface area contributed by atoms with Crippen LogP contribution >= 0.6 is 0 Å². The Morgan fingerprint density at radius 3 is 2.61 bits per heavy atom. The maximum Gasteiger partial charge on any atom is 0.139 e. The molecule has 0 saturated heterocycles. The smallest absolute Gasteiger partial charge is 0.139 e. The number of nitrogens with zero attached hydrogens (tertiary/aromatic N) is 2. The van der Waals surface area contributed by atoms with Crippen molar-refractivity contribution in [2.45, 2.75) is 20.8 Å². The molecule has 94 valence electrons. The molecule has 3 N–H and O–H groups in total. The van der Waals surface area contributed by atoms with Gasteiger partial charge in [-0.15, -0.1) is 0 Å². The van der Waals surface area contributed by atoms with Crippen molar-refractivity contribution >= 4 is 17.3 Å². The third-order valence-electron chi connectivity index (χ3n) is 2.75. The minimum atomic E-state index is -0.292. The number of aromatic nitrogens is 2. The Balaban J connectivity index is 2.43. The molecule has 5 heteroatoms. The lowest BCUT2D eigenvalue weighted by molar-refractivity contribution is 0.628. The van der Waals surface area contributed by atoms with Gasteiger partial charge in [-0.1, -0.05) is 6.07 Å². The van der Waals surface area contributed by atoms with Crippen LogP contribution < -0.4 is 11.1 Å².